The van der Waals surface area contributed by atoms with Crippen LogP contribution in [0.15, 0.2) is 33.2 Å². The number of nitrogens with one attached hydrogen (secondary N) is 1. The van der Waals surface area contributed by atoms with Gasteiger partial charge < -0.3 is 9.73 Å². The van der Waals surface area contributed by atoms with E-state index >= 15 is 0 Å². The van der Waals surface area contributed by atoms with E-state index in [-0.39, 0.29) is 0 Å². The number of hydrogen-bond donors (Lipinski definition) is 1. The first-order chi connectivity index (χ1) is 9.79. The molecule has 0 amide bonds. The Labute approximate surface area is 127 Å². The number of halogens is 1. The molecule has 0 unspecified atom stereocenters. The van der Waals surface area contributed by atoms with E-state index in [1.165, 1.54) is 18.4 Å². The van der Waals surface area contributed by atoms with Crippen LogP contribution in [0.25, 0.3) is 0 Å². The van der Waals surface area contributed by atoms with E-state index in [0.717, 1.165) is 35.8 Å². The van der Waals surface area contributed by atoms with E-state index in [0.29, 0.717) is 12.3 Å². The number of aryl methyl sites for hydroxylation is 1. The quantitative estimate of drug-likeness (QED) is 0.790. The molecule has 106 valence electrons. The molecular weight excluding hydrogens is 318 g/mol. The Morgan fingerprint density at radius 2 is 1.90 bits per heavy atom. The normalized spacial score (nSPS) is 14.7. The fraction of sp³-hybridized carbons (Fsp3) is 0.467. The zero-order valence-corrected chi connectivity index (χ0v) is 12.9. The minimum absolute atomic E-state index is 0.692. The summed E-state index contributed by atoms with van der Waals surface area (Å²) in [6.07, 6.45) is 5.26. The van der Waals surface area contributed by atoms with Gasteiger partial charge in [0.15, 0.2) is 0 Å². The highest BCUT2D eigenvalue weighted by molar-refractivity contribution is 9.10. The average molecular weight is 336 g/mol. The highest BCUT2D eigenvalue weighted by atomic mass is 79.9. The molecule has 2 aromatic rings. The second-order valence-corrected chi connectivity index (χ2v) is 6.14. The summed E-state index contributed by atoms with van der Waals surface area (Å²) in [5, 5.41) is 11.7. The van der Waals surface area contributed by atoms with Gasteiger partial charge in [0.05, 0.1) is 6.42 Å². The van der Waals surface area contributed by atoms with Crippen molar-refractivity contribution in [1.29, 1.82) is 0 Å². The number of hydrogen-bond acceptors (Lipinski definition) is 4. The molecule has 1 saturated carbocycles. The van der Waals surface area contributed by atoms with Gasteiger partial charge in [-0.15, -0.1) is 10.2 Å². The van der Waals surface area contributed by atoms with Crippen LogP contribution < -0.4 is 5.32 Å². The molecule has 3 rings (SSSR count). The molecule has 0 saturated heterocycles. The van der Waals surface area contributed by atoms with Gasteiger partial charge in [0, 0.05) is 16.9 Å². The maximum atomic E-state index is 5.68. The summed E-state index contributed by atoms with van der Waals surface area (Å²) in [5.74, 6) is 1.44. The largest absolute Gasteiger partial charge is 0.425 e. The lowest BCUT2D eigenvalue weighted by molar-refractivity contribution is 0.449. The van der Waals surface area contributed by atoms with E-state index in [2.05, 4.69) is 43.6 Å². The second-order valence-electron chi connectivity index (χ2n) is 5.22. The van der Waals surface area contributed by atoms with Gasteiger partial charge in [-0.3, -0.25) is 0 Å². The van der Waals surface area contributed by atoms with Crippen LogP contribution in [0.5, 0.6) is 0 Å². The van der Waals surface area contributed by atoms with Crippen molar-refractivity contribution in [2.45, 2.75) is 38.1 Å². The molecule has 20 heavy (non-hydrogen) atoms. The van der Waals surface area contributed by atoms with Gasteiger partial charge >= 0.3 is 0 Å². The average Bonchev–Trinajstić information content (AvgIpc) is 3.17. The van der Waals surface area contributed by atoms with Crippen LogP contribution in [-0.2, 0) is 12.8 Å². The minimum Gasteiger partial charge on any atom is -0.425 e. The summed E-state index contributed by atoms with van der Waals surface area (Å²) in [7, 11) is 0. The summed E-state index contributed by atoms with van der Waals surface area (Å²) < 4.78 is 6.76. The molecule has 1 N–H and O–H groups in total. The first-order valence-electron chi connectivity index (χ1n) is 7.09. The van der Waals surface area contributed by atoms with Crippen LogP contribution in [0.1, 0.15) is 36.6 Å². The summed E-state index contributed by atoms with van der Waals surface area (Å²) in [4.78, 5) is 0. The molecule has 0 radical (unpaired) electrons. The van der Waals surface area contributed by atoms with Crippen molar-refractivity contribution in [3.8, 4) is 0 Å². The molecule has 4 nitrogen and oxygen atoms in total. The molecule has 0 spiro atoms. The van der Waals surface area contributed by atoms with Gasteiger partial charge in [0.25, 0.3) is 0 Å². The summed E-state index contributed by atoms with van der Waals surface area (Å²) in [6, 6.07) is 8.94. The van der Waals surface area contributed by atoms with Crippen molar-refractivity contribution < 1.29 is 4.42 Å². The molecule has 0 bridgehead atoms. The zero-order chi connectivity index (χ0) is 13.8. The highest BCUT2D eigenvalue weighted by Crippen LogP contribution is 2.18. The van der Waals surface area contributed by atoms with Crippen LogP contribution in [0.3, 0.4) is 0 Å². The Hall–Kier alpha value is -1.20. The molecule has 0 atom stereocenters. The molecular formula is C15H18BrN3O. The lowest BCUT2D eigenvalue weighted by Crippen LogP contribution is -2.17. The van der Waals surface area contributed by atoms with E-state index in [1.54, 1.807) is 0 Å². The fourth-order valence-corrected chi connectivity index (χ4v) is 2.34. The third-order valence-electron chi connectivity index (χ3n) is 3.36. The molecule has 1 aliphatic rings. The predicted molar refractivity (Wildman–Crippen MR) is 80.6 cm³/mol. The molecule has 5 heteroatoms. The lowest BCUT2D eigenvalue weighted by atomic mass is 10.1. The van der Waals surface area contributed by atoms with Crippen molar-refractivity contribution in [2.75, 3.05) is 6.54 Å². The third kappa shape index (κ3) is 4.15. The summed E-state index contributed by atoms with van der Waals surface area (Å²) in [5.41, 5.74) is 1.18. The van der Waals surface area contributed by atoms with Crippen molar-refractivity contribution in [3.63, 3.8) is 0 Å². The van der Waals surface area contributed by atoms with Crippen molar-refractivity contribution in [1.82, 2.24) is 15.5 Å². The fourth-order valence-electron chi connectivity index (χ4n) is 2.07. The summed E-state index contributed by atoms with van der Waals surface area (Å²) in [6.45, 7) is 1.04. The van der Waals surface area contributed by atoms with E-state index in [1.807, 2.05) is 12.1 Å². The number of aromatic nitrogens is 2. The molecule has 1 aromatic carbocycles. The SMILES string of the molecule is Brc1ccc(Cc2nnc(CCCNC3CC3)o2)cc1. The second kappa shape index (κ2) is 6.50. The molecule has 1 fully saturated rings. The Kier molecular flexibility index (Phi) is 4.47. The first-order valence-corrected chi connectivity index (χ1v) is 7.88. The molecule has 1 aromatic heterocycles. The van der Waals surface area contributed by atoms with Gasteiger partial charge in [0.1, 0.15) is 0 Å². The topological polar surface area (TPSA) is 51.0 Å². The Morgan fingerprint density at radius 3 is 2.65 bits per heavy atom. The first kappa shape index (κ1) is 13.8. The number of rotatable bonds is 7. The zero-order valence-electron chi connectivity index (χ0n) is 11.3. The van der Waals surface area contributed by atoms with Crippen LogP contribution >= 0.6 is 15.9 Å². The van der Waals surface area contributed by atoms with Crippen LogP contribution in [-0.4, -0.2) is 22.8 Å². The monoisotopic (exact) mass is 335 g/mol. The molecule has 1 heterocycles. The maximum Gasteiger partial charge on any atom is 0.220 e. The van der Waals surface area contributed by atoms with E-state index in [4.69, 9.17) is 4.42 Å². The van der Waals surface area contributed by atoms with Crippen LogP contribution in [0, 0.1) is 0 Å². The van der Waals surface area contributed by atoms with Gasteiger partial charge in [-0.2, -0.15) is 0 Å². The van der Waals surface area contributed by atoms with E-state index < -0.39 is 0 Å². The van der Waals surface area contributed by atoms with Gasteiger partial charge in [0.2, 0.25) is 11.8 Å². The summed E-state index contributed by atoms with van der Waals surface area (Å²) >= 11 is 3.43. The molecule has 1 aliphatic carbocycles. The van der Waals surface area contributed by atoms with Crippen molar-refractivity contribution in [3.05, 3.63) is 46.1 Å². The van der Waals surface area contributed by atoms with Gasteiger partial charge in [-0.05, 0) is 43.5 Å². The highest BCUT2D eigenvalue weighted by Gasteiger charge is 2.19. The van der Waals surface area contributed by atoms with Crippen molar-refractivity contribution >= 4 is 15.9 Å². The lowest BCUT2D eigenvalue weighted by Gasteiger charge is -1.99. The standard InChI is InChI=1S/C15H18BrN3O/c16-12-5-3-11(4-6-12)10-15-19-18-14(20-15)2-1-9-17-13-7-8-13/h3-6,13,17H,1-2,7-10H2. The smallest absolute Gasteiger partial charge is 0.220 e. The van der Waals surface area contributed by atoms with Gasteiger partial charge in [-0.1, -0.05) is 28.1 Å². The minimum atomic E-state index is 0.692. The van der Waals surface area contributed by atoms with E-state index in [9.17, 15) is 0 Å². The maximum absolute atomic E-state index is 5.68. The number of nitrogens with zero attached hydrogens (tertiary/aromatic N) is 2. The number of benzene rings is 1. The van der Waals surface area contributed by atoms with Crippen LogP contribution in [0.2, 0.25) is 0 Å². The molecule has 0 aliphatic heterocycles. The Balaban J connectivity index is 1.46. The van der Waals surface area contributed by atoms with Crippen LogP contribution in [0.4, 0.5) is 0 Å². The third-order valence-corrected chi connectivity index (χ3v) is 3.88. The van der Waals surface area contributed by atoms with Crippen molar-refractivity contribution in [2.24, 2.45) is 0 Å². The Morgan fingerprint density at radius 1 is 1.15 bits per heavy atom. The predicted octanol–water partition coefficient (Wildman–Crippen LogP) is 3.11. The van der Waals surface area contributed by atoms with Gasteiger partial charge in [-0.25, -0.2) is 0 Å². The Bertz CT molecular complexity index is 549.